The van der Waals surface area contributed by atoms with Crippen LogP contribution in [-0.2, 0) is 4.79 Å². The second-order valence-corrected chi connectivity index (χ2v) is 10.1. The third-order valence-electron chi connectivity index (χ3n) is 7.26. The van der Waals surface area contributed by atoms with E-state index in [0.717, 1.165) is 12.8 Å². The van der Waals surface area contributed by atoms with Crippen LogP contribution < -0.4 is 10.9 Å². The van der Waals surface area contributed by atoms with E-state index in [1.54, 1.807) is 17.3 Å². The van der Waals surface area contributed by atoms with Crippen LogP contribution in [0.5, 0.6) is 0 Å². The number of para-hydroxylation sites is 1. The van der Waals surface area contributed by atoms with Crippen molar-refractivity contribution in [3.05, 3.63) is 58.6 Å². The van der Waals surface area contributed by atoms with Crippen molar-refractivity contribution < 1.29 is 9.59 Å². The topological polar surface area (TPSA) is 92.5 Å². The lowest BCUT2D eigenvalue weighted by Gasteiger charge is -2.34. The van der Waals surface area contributed by atoms with Gasteiger partial charge in [0, 0.05) is 50.7 Å². The molecule has 0 spiro atoms. The third kappa shape index (κ3) is 4.93. The van der Waals surface area contributed by atoms with Crippen molar-refractivity contribution in [1.82, 2.24) is 29.5 Å². The lowest BCUT2D eigenvalue weighted by atomic mass is 10.1. The summed E-state index contributed by atoms with van der Waals surface area (Å²) in [6.07, 6.45) is 8.10. The summed E-state index contributed by atoms with van der Waals surface area (Å²) in [4.78, 5) is 43.2. The van der Waals surface area contributed by atoms with Gasteiger partial charge >= 0.3 is 0 Å². The fourth-order valence-corrected chi connectivity index (χ4v) is 5.15. The molecule has 1 saturated carbocycles. The summed E-state index contributed by atoms with van der Waals surface area (Å²) in [5, 5.41) is 7.72. The summed E-state index contributed by atoms with van der Waals surface area (Å²) in [6.45, 7) is 6.71. The van der Waals surface area contributed by atoms with Crippen molar-refractivity contribution in [2.45, 2.75) is 51.6 Å². The van der Waals surface area contributed by atoms with Gasteiger partial charge in [-0.05, 0) is 38.8 Å². The van der Waals surface area contributed by atoms with E-state index in [-0.39, 0.29) is 23.4 Å². The van der Waals surface area contributed by atoms with Crippen LogP contribution in [0.4, 0.5) is 0 Å². The van der Waals surface area contributed by atoms with Crippen molar-refractivity contribution in [2.24, 2.45) is 0 Å². The van der Waals surface area contributed by atoms with Crippen molar-refractivity contribution in [2.75, 3.05) is 32.7 Å². The van der Waals surface area contributed by atoms with Gasteiger partial charge in [-0.25, -0.2) is 0 Å². The van der Waals surface area contributed by atoms with E-state index >= 15 is 0 Å². The van der Waals surface area contributed by atoms with Gasteiger partial charge in [0.25, 0.3) is 11.5 Å². The monoisotopic (exact) mass is 490 g/mol. The van der Waals surface area contributed by atoms with E-state index in [0.29, 0.717) is 61.3 Å². The van der Waals surface area contributed by atoms with Crippen LogP contribution in [0, 0.1) is 0 Å². The average Bonchev–Trinajstić information content (AvgIpc) is 3.51. The van der Waals surface area contributed by atoms with E-state index in [2.05, 4.69) is 15.3 Å². The lowest BCUT2D eigenvalue weighted by Crippen LogP contribution is -2.51. The molecule has 1 saturated heterocycles. The highest BCUT2D eigenvalue weighted by atomic mass is 16.2. The first-order valence-electron chi connectivity index (χ1n) is 12.9. The van der Waals surface area contributed by atoms with Gasteiger partial charge in [-0.1, -0.05) is 31.0 Å². The highest BCUT2D eigenvalue weighted by molar-refractivity contribution is 6.00. The van der Waals surface area contributed by atoms with Gasteiger partial charge in [-0.3, -0.25) is 19.3 Å². The molecule has 2 fully saturated rings. The van der Waals surface area contributed by atoms with Crippen LogP contribution in [0.3, 0.4) is 0 Å². The normalized spacial score (nSPS) is 17.2. The Bertz CT molecular complexity index is 1250. The number of nitrogens with one attached hydrogen (secondary N) is 1. The van der Waals surface area contributed by atoms with Crippen LogP contribution >= 0.6 is 0 Å². The molecule has 3 heterocycles. The van der Waals surface area contributed by atoms with Crippen molar-refractivity contribution in [3.63, 3.8) is 0 Å². The standard InChI is InChI=1S/C27H34N6O3/c1-19(2)32-16-22(25-23(17-32)27(36)33(29-25)21-10-4-3-5-11-21)26(35)31-14-12-30(13-15-31)18-24(34)28-20-8-6-7-9-20/h3-5,10-11,16-17,19-20H,6-9,12-15,18H2,1-2H3,(H,28,34). The van der Waals surface area contributed by atoms with E-state index < -0.39 is 0 Å². The summed E-state index contributed by atoms with van der Waals surface area (Å²) < 4.78 is 3.27. The number of aromatic nitrogens is 3. The van der Waals surface area contributed by atoms with Gasteiger partial charge < -0.3 is 14.8 Å². The zero-order valence-electron chi connectivity index (χ0n) is 21.0. The Morgan fingerprint density at radius 3 is 2.39 bits per heavy atom. The second kappa shape index (κ2) is 10.3. The van der Waals surface area contributed by atoms with Crippen LogP contribution in [0.25, 0.3) is 16.9 Å². The van der Waals surface area contributed by atoms with E-state index in [1.807, 2.05) is 48.7 Å². The number of benzene rings is 1. The molecule has 0 unspecified atom stereocenters. The fourth-order valence-electron chi connectivity index (χ4n) is 5.15. The lowest BCUT2D eigenvalue weighted by molar-refractivity contribution is -0.123. The summed E-state index contributed by atoms with van der Waals surface area (Å²) in [6, 6.07) is 9.65. The number of nitrogens with zero attached hydrogens (tertiary/aromatic N) is 5. The minimum absolute atomic E-state index is 0.0684. The average molecular weight is 491 g/mol. The Kier molecular flexibility index (Phi) is 6.91. The van der Waals surface area contributed by atoms with Crippen molar-refractivity contribution in [3.8, 4) is 16.9 Å². The van der Waals surface area contributed by atoms with Gasteiger partial charge in [0.1, 0.15) is 5.69 Å². The summed E-state index contributed by atoms with van der Waals surface area (Å²) in [7, 11) is 0. The highest BCUT2D eigenvalue weighted by Gasteiger charge is 2.30. The quantitative estimate of drug-likeness (QED) is 0.573. The molecule has 9 heteroatoms. The van der Waals surface area contributed by atoms with Gasteiger partial charge in [-0.2, -0.15) is 9.78 Å². The Morgan fingerprint density at radius 2 is 1.72 bits per heavy atom. The molecule has 0 aromatic heterocycles. The first kappa shape index (κ1) is 24.2. The van der Waals surface area contributed by atoms with Crippen LogP contribution in [0.15, 0.2) is 47.5 Å². The third-order valence-corrected chi connectivity index (χ3v) is 7.26. The molecule has 5 rings (SSSR count). The van der Waals surface area contributed by atoms with E-state index in [9.17, 15) is 14.4 Å². The number of hydrogen-bond acceptors (Lipinski definition) is 5. The van der Waals surface area contributed by atoms with Gasteiger partial charge in [0.2, 0.25) is 5.91 Å². The molecule has 0 radical (unpaired) electrons. The Balaban J connectivity index is 1.34. The van der Waals surface area contributed by atoms with Crippen molar-refractivity contribution in [1.29, 1.82) is 0 Å². The predicted octanol–water partition coefficient (Wildman–Crippen LogP) is 2.54. The minimum Gasteiger partial charge on any atom is -0.352 e. The zero-order valence-corrected chi connectivity index (χ0v) is 21.0. The molecule has 1 N–H and O–H groups in total. The Morgan fingerprint density at radius 1 is 1.03 bits per heavy atom. The molecule has 36 heavy (non-hydrogen) atoms. The number of piperazine rings is 1. The fraction of sp³-hybridized carbons (Fsp3) is 0.481. The molecule has 190 valence electrons. The molecule has 1 aromatic carbocycles. The van der Waals surface area contributed by atoms with Gasteiger partial charge in [-0.15, -0.1) is 0 Å². The summed E-state index contributed by atoms with van der Waals surface area (Å²) >= 11 is 0. The van der Waals surface area contributed by atoms with Crippen LogP contribution in [0.1, 0.15) is 55.9 Å². The highest BCUT2D eigenvalue weighted by Crippen LogP contribution is 2.26. The molecular formula is C27H34N6O3. The number of fused-ring (bicyclic) bond motifs is 1. The Labute approximate surface area is 211 Å². The molecule has 9 nitrogen and oxygen atoms in total. The molecule has 2 amide bonds. The van der Waals surface area contributed by atoms with Gasteiger partial charge in [0.15, 0.2) is 0 Å². The molecule has 0 atom stereocenters. The molecular weight excluding hydrogens is 456 g/mol. The molecule has 0 bridgehead atoms. The largest absolute Gasteiger partial charge is 0.352 e. The second-order valence-electron chi connectivity index (χ2n) is 10.1. The zero-order chi connectivity index (χ0) is 25.2. The van der Waals surface area contributed by atoms with E-state index in [4.69, 9.17) is 0 Å². The summed E-state index contributed by atoms with van der Waals surface area (Å²) in [5.41, 5.74) is 1.71. The van der Waals surface area contributed by atoms with Crippen LogP contribution in [-0.4, -0.2) is 74.7 Å². The first-order valence-corrected chi connectivity index (χ1v) is 12.9. The van der Waals surface area contributed by atoms with Crippen molar-refractivity contribution >= 4 is 11.8 Å². The predicted molar refractivity (Wildman–Crippen MR) is 138 cm³/mol. The molecule has 1 aliphatic carbocycles. The SMILES string of the molecule is CC(C)n1cc(C(=O)N2CCN(CC(=O)NC3CCCC3)CC2)c2nn(-c3ccccc3)c(=O)c-2c1. The number of amides is 2. The molecule has 3 aliphatic heterocycles. The summed E-state index contributed by atoms with van der Waals surface area (Å²) in [5.74, 6) is -0.0679. The molecule has 1 aromatic rings. The maximum absolute atomic E-state index is 13.7. The number of hydrogen-bond donors (Lipinski definition) is 1. The number of pyridine rings is 1. The molecule has 4 aliphatic rings. The first-order chi connectivity index (χ1) is 17.4. The smallest absolute Gasteiger partial charge is 0.282 e. The number of carbonyl (C=O) groups excluding carboxylic acids is 2. The minimum atomic E-state index is -0.238. The number of carbonyl (C=O) groups is 2. The van der Waals surface area contributed by atoms with Gasteiger partial charge in [0.05, 0.1) is 23.4 Å². The Hall–Kier alpha value is -3.46. The number of rotatable bonds is 6. The maximum atomic E-state index is 13.7. The van der Waals surface area contributed by atoms with E-state index in [1.165, 1.54) is 17.5 Å². The van der Waals surface area contributed by atoms with Crippen LogP contribution in [0.2, 0.25) is 0 Å². The maximum Gasteiger partial charge on any atom is 0.282 e.